The van der Waals surface area contributed by atoms with Gasteiger partial charge < -0.3 is 24.5 Å². The summed E-state index contributed by atoms with van der Waals surface area (Å²) in [4.78, 5) is 26.2. The standard InChI is InChI=1S/C35H54N2O8SSi/c1-33(2,3)45-31(38)24-37-27(23-30(36)32(37)39)25-42-21-22-46(40,41)43-26-35(7,8)19-20-44-47(34(4,5)6,28-15-11-9-12-16-28)29-17-13-10-14-18-29/h9-18,27,30H,19-26,36H2,1-8H3/t27-,30-/m0/s1. The summed E-state index contributed by atoms with van der Waals surface area (Å²) in [5.74, 6) is -1.25. The van der Waals surface area contributed by atoms with Gasteiger partial charge in [0.15, 0.2) is 0 Å². The molecule has 1 fully saturated rings. The van der Waals surface area contributed by atoms with E-state index in [1.807, 2.05) is 50.2 Å². The van der Waals surface area contributed by atoms with Crippen LogP contribution in [0.15, 0.2) is 60.7 Å². The van der Waals surface area contributed by atoms with Crippen molar-refractivity contribution in [2.75, 3.05) is 38.7 Å². The molecule has 262 valence electrons. The van der Waals surface area contributed by atoms with Crippen LogP contribution in [-0.4, -0.2) is 89.9 Å². The first-order valence-corrected chi connectivity index (χ1v) is 19.7. The molecule has 2 aromatic carbocycles. The summed E-state index contributed by atoms with van der Waals surface area (Å²) in [6.07, 6.45) is 0.891. The van der Waals surface area contributed by atoms with Crippen molar-refractivity contribution in [3.8, 4) is 0 Å². The first-order valence-electron chi connectivity index (χ1n) is 16.2. The van der Waals surface area contributed by atoms with Crippen molar-refractivity contribution in [1.29, 1.82) is 0 Å². The minimum Gasteiger partial charge on any atom is -0.459 e. The minimum absolute atomic E-state index is 0.00487. The van der Waals surface area contributed by atoms with Crippen molar-refractivity contribution in [3.63, 3.8) is 0 Å². The molecule has 1 aliphatic rings. The number of nitrogens with zero attached hydrogens (tertiary/aromatic N) is 1. The second-order valence-corrected chi connectivity index (χ2v) is 21.1. The Morgan fingerprint density at radius 3 is 1.98 bits per heavy atom. The number of esters is 1. The van der Waals surface area contributed by atoms with Gasteiger partial charge in [-0.25, -0.2) is 0 Å². The van der Waals surface area contributed by atoms with Crippen molar-refractivity contribution in [3.05, 3.63) is 60.7 Å². The van der Waals surface area contributed by atoms with Gasteiger partial charge in [-0.05, 0) is 54.4 Å². The SMILES string of the molecule is CC(C)(CCO[Si](c1ccccc1)(c1ccccc1)C(C)(C)C)COS(=O)(=O)CCOC[C@@H]1C[C@H](N)C(=O)N1CC(=O)OC(C)(C)C. The molecule has 2 aromatic rings. The van der Waals surface area contributed by atoms with Gasteiger partial charge in [0.2, 0.25) is 5.91 Å². The first kappa shape index (κ1) is 38.8. The Kier molecular flexibility index (Phi) is 13.0. The molecule has 10 nitrogen and oxygen atoms in total. The molecular formula is C35H54N2O8SSi. The van der Waals surface area contributed by atoms with Gasteiger partial charge in [0.05, 0.1) is 37.7 Å². The van der Waals surface area contributed by atoms with Crippen LogP contribution in [0.3, 0.4) is 0 Å². The summed E-state index contributed by atoms with van der Waals surface area (Å²) in [7, 11) is -6.59. The van der Waals surface area contributed by atoms with Gasteiger partial charge in [0.25, 0.3) is 18.4 Å². The summed E-state index contributed by atoms with van der Waals surface area (Å²) >= 11 is 0. The number of carbonyl (C=O) groups excluding carboxylic acids is 2. The van der Waals surface area contributed by atoms with Crippen LogP contribution in [0.5, 0.6) is 0 Å². The highest BCUT2D eigenvalue weighted by Crippen LogP contribution is 2.37. The molecule has 1 saturated heterocycles. The molecule has 0 unspecified atom stereocenters. The Bertz CT molecular complexity index is 1380. The molecule has 12 heteroatoms. The monoisotopic (exact) mass is 690 g/mol. The molecule has 2 atom stereocenters. The van der Waals surface area contributed by atoms with Crippen LogP contribution in [0.25, 0.3) is 0 Å². The lowest BCUT2D eigenvalue weighted by atomic mass is 9.91. The highest BCUT2D eigenvalue weighted by Gasteiger charge is 2.50. The Balaban J connectivity index is 1.53. The van der Waals surface area contributed by atoms with Crippen LogP contribution in [0.1, 0.15) is 68.2 Å². The maximum absolute atomic E-state index is 12.8. The summed E-state index contributed by atoms with van der Waals surface area (Å²) in [5.41, 5.74) is 4.76. The van der Waals surface area contributed by atoms with E-state index in [0.29, 0.717) is 19.4 Å². The van der Waals surface area contributed by atoms with Gasteiger partial charge in [0, 0.05) is 6.61 Å². The lowest BCUT2D eigenvalue weighted by molar-refractivity contribution is -0.159. The number of hydrogen-bond donors (Lipinski definition) is 1. The Labute approximate surface area is 282 Å². The molecule has 0 radical (unpaired) electrons. The second-order valence-electron chi connectivity index (χ2n) is 15.1. The number of benzene rings is 2. The Morgan fingerprint density at radius 1 is 0.915 bits per heavy atom. The highest BCUT2D eigenvalue weighted by molar-refractivity contribution is 7.86. The summed E-state index contributed by atoms with van der Waals surface area (Å²) in [6.45, 7) is 16.0. The third-order valence-electron chi connectivity index (χ3n) is 8.22. The molecule has 1 aliphatic heterocycles. The van der Waals surface area contributed by atoms with Gasteiger partial charge in [-0.3, -0.25) is 13.8 Å². The Hall–Kier alpha value is -2.61. The van der Waals surface area contributed by atoms with E-state index >= 15 is 0 Å². The maximum Gasteiger partial charge on any atom is 0.326 e. The quantitative estimate of drug-likeness (QED) is 0.121. The van der Waals surface area contributed by atoms with Gasteiger partial charge in [-0.1, -0.05) is 95.3 Å². The smallest absolute Gasteiger partial charge is 0.326 e. The number of nitrogens with two attached hydrogens (primary N) is 1. The summed E-state index contributed by atoms with van der Waals surface area (Å²) < 4.78 is 49.0. The van der Waals surface area contributed by atoms with Crippen LogP contribution < -0.4 is 16.1 Å². The fourth-order valence-electron chi connectivity index (χ4n) is 5.79. The number of hydrogen-bond acceptors (Lipinski definition) is 9. The van der Waals surface area contributed by atoms with Crippen LogP contribution in [0, 0.1) is 5.41 Å². The van der Waals surface area contributed by atoms with Crippen LogP contribution in [-0.2, 0) is 37.8 Å². The van der Waals surface area contributed by atoms with Crippen LogP contribution in [0.4, 0.5) is 0 Å². The maximum atomic E-state index is 12.8. The lowest BCUT2D eigenvalue weighted by Gasteiger charge is -2.43. The molecular weight excluding hydrogens is 637 g/mol. The average Bonchev–Trinajstić information content (AvgIpc) is 3.23. The van der Waals surface area contributed by atoms with Crippen molar-refractivity contribution in [2.45, 2.75) is 91.0 Å². The van der Waals surface area contributed by atoms with E-state index in [1.165, 1.54) is 15.3 Å². The van der Waals surface area contributed by atoms with E-state index < -0.39 is 47.5 Å². The predicted molar refractivity (Wildman–Crippen MR) is 186 cm³/mol. The van der Waals surface area contributed by atoms with E-state index in [1.54, 1.807) is 20.8 Å². The number of likely N-dealkylation sites (tertiary alicyclic amines) is 1. The zero-order valence-electron chi connectivity index (χ0n) is 29.3. The molecule has 0 aliphatic carbocycles. The molecule has 2 N–H and O–H groups in total. The van der Waals surface area contributed by atoms with Gasteiger partial charge in [-0.2, -0.15) is 8.42 Å². The first-order chi connectivity index (χ1) is 21.8. The number of amides is 1. The Morgan fingerprint density at radius 2 is 1.47 bits per heavy atom. The molecule has 1 amide bonds. The molecule has 0 saturated carbocycles. The van der Waals surface area contributed by atoms with Crippen molar-refractivity contribution in [1.82, 2.24) is 4.90 Å². The van der Waals surface area contributed by atoms with E-state index in [9.17, 15) is 18.0 Å². The topological polar surface area (TPSA) is 134 Å². The largest absolute Gasteiger partial charge is 0.459 e. The molecule has 47 heavy (non-hydrogen) atoms. The highest BCUT2D eigenvalue weighted by atomic mass is 32.2. The predicted octanol–water partition coefficient (Wildman–Crippen LogP) is 3.61. The zero-order valence-corrected chi connectivity index (χ0v) is 31.1. The van der Waals surface area contributed by atoms with Gasteiger partial charge in [-0.15, -0.1) is 0 Å². The molecule has 3 rings (SSSR count). The van der Waals surface area contributed by atoms with E-state index in [-0.39, 0.29) is 43.1 Å². The zero-order chi connectivity index (χ0) is 35.1. The molecule has 1 heterocycles. The average molecular weight is 691 g/mol. The summed E-state index contributed by atoms with van der Waals surface area (Å²) in [5, 5.41) is 2.21. The van der Waals surface area contributed by atoms with E-state index in [4.69, 9.17) is 23.8 Å². The number of rotatable bonds is 16. The molecule has 0 spiro atoms. The molecule has 0 bridgehead atoms. The normalized spacial score (nSPS) is 18.1. The van der Waals surface area contributed by atoms with Crippen molar-refractivity contribution < 1.29 is 36.1 Å². The third-order valence-corrected chi connectivity index (χ3v) is 14.4. The van der Waals surface area contributed by atoms with Gasteiger partial charge >= 0.3 is 5.97 Å². The molecule has 0 aromatic heterocycles. The van der Waals surface area contributed by atoms with Crippen LogP contribution in [0.2, 0.25) is 5.04 Å². The van der Waals surface area contributed by atoms with Crippen LogP contribution >= 0.6 is 0 Å². The third kappa shape index (κ3) is 10.9. The number of carbonyl (C=O) groups is 2. The van der Waals surface area contributed by atoms with E-state index in [0.717, 1.165) is 0 Å². The minimum atomic E-state index is -3.88. The fraction of sp³-hybridized carbons (Fsp3) is 0.600. The lowest BCUT2D eigenvalue weighted by Crippen LogP contribution is -2.66. The second kappa shape index (κ2) is 15.7. The van der Waals surface area contributed by atoms with Gasteiger partial charge in [0.1, 0.15) is 12.1 Å². The number of ether oxygens (including phenoxy) is 2. The van der Waals surface area contributed by atoms with Crippen molar-refractivity contribution >= 4 is 40.7 Å². The van der Waals surface area contributed by atoms with Crippen molar-refractivity contribution in [2.24, 2.45) is 11.1 Å². The van der Waals surface area contributed by atoms with E-state index in [2.05, 4.69) is 45.0 Å². The fourth-order valence-corrected chi connectivity index (χ4v) is 11.3. The summed E-state index contributed by atoms with van der Waals surface area (Å²) in [6, 6.07) is 19.6.